The molecule has 214 valence electrons. The fourth-order valence-electron chi connectivity index (χ4n) is 5.77. The van der Waals surface area contributed by atoms with Gasteiger partial charge in [-0.25, -0.2) is 9.97 Å². The van der Waals surface area contributed by atoms with Crippen LogP contribution in [0.15, 0.2) is 54.6 Å². The molecule has 0 fully saturated rings. The number of benzene rings is 3. The van der Waals surface area contributed by atoms with Gasteiger partial charge in [-0.3, -0.25) is 4.57 Å². The molecule has 7 nitrogen and oxygen atoms in total. The summed E-state index contributed by atoms with van der Waals surface area (Å²) in [5, 5.41) is 9.50. The average molecular weight is 552 g/mol. The van der Waals surface area contributed by atoms with Crippen LogP contribution in [0.4, 0.5) is 5.82 Å². The smallest absolute Gasteiger partial charge is 0.161 e. The number of rotatable bonds is 11. The van der Waals surface area contributed by atoms with E-state index in [1.54, 1.807) is 7.11 Å². The summed E-state index contributed by atoms with van der Waals surface area (Å²) in [4.78, 5) is 9.84. The molecular weight excluding hydrogens is 510 g/mol. The minimum absolute atomic E-state index is 0.236. The van der Waals surface area contributed by atoms with E-state index < -0.39 is 0 Å². The van der Waals surface area contributed by atoms with Crippen molar-refractivity contribution in [2.45, 2.75) is 54.0 Å². The van der Waals surface area contributed by atoms with E-state index in [0.717, 1.165) is 64.6 Å². The molecule has 5 rings (SSSR count). The fourth-order valence-corrected chi connectivity index (χ4v) is 5.77. The number of aromatic nitrogens is 3. The standard InChI is InChI=1S/C34H41N5O2/c1-8-41-29-14-13-26(19-30(29)40-7)15-16-35-24(5)20-36-33-31-27-11-9-10-12-28(27)39(34(31)38-25(6)37-33)32-22(3)17-21(2)18-23(32)4/h9-14,17-19,24,35H,8,15-16,20H2,1-7H3,(H,36,37,38). The normalized spacial score (nSPS) is 12.2. The highest BCUT2D eigenvalue weighted by atomic mass is 16.5. The highest BCUT2D eigenvalue weighted by molar-refractivity contribution is 6.13. The maximum absolute atomic E-state index is 5.65. The number of ether oxygens (including phenoxy) is 2. The van der Waals surface area contributed by atoms with E-state index in [9.17, 15) is 0 Å². The number of hydrogen-bond acceptors (Lipinski definition) is 6. The van der Waals surface area contributed by atoms with Crippen LogP contribution in [-0.2, 0) is 6.42 Å². The van der Waals surface area contributed by atoms with Crippen LogP contribution in [0, 0.1) is 27.7 Å². The van der Waals surface area contributed by atoms with Gasteiger partial charge in [-0.1, -0.05) is 42.0 Å². The second-order valence-electron chi connectivity index (χ2n) is 10.8. The molecule has 0 amide bonds. The highest BCUT2D eigenvalue weighted by Crippen LogP contribution is 2.36. The van der Waals surface area contributed by atoms with Gasteiger partial charge < -0.3 is 20.1 Å². The zero-order chi connectivity index (χ0) is 29.1. The molecule has 0 aliphatic carbocycles. The Morgan fingerprint density at radius 1 is 0.927 bits per heavy atom. The van der Waals surface area contributed by atoms with Gasteiger partial charge in [0, 0.05) is 18.0 Å². The summed E-state index contributed by atoms with van der Waals surface area (Å²) in [6.07, 6.45) is 0.896. The van der Waals surface area contributed by atoms with E-state index >= 15 is 0 Å². The van der Waals surface area contributed by atoms with Crippen LogP contribution in [0.5, 0.6) is 11.5 Å². The van der Waals surface area contributed by atoms with Crippen LogP contribution in [0.3, 0.4) is 0 Å². The molecule has 41 heavy (non-hydrogen) atoms. The molecule has 0 saturated heterocycles. The molecular formula is C34H41N5O2. The van der Waals surface area contributed by atoms with Crippen molar-refractivity contribution in [3.63, 3.8) is 0 Å². The molecule has 7 heteroatoms. The van der Waals surface area contributed by atoms with Crippen molar-refractivity contribution < 1.29 is 9.47 Å². The van der Waals surface area contributed by atoms with Crippen molar-refractivity contribution in [3.8, 4) is 17.2 Å². The summed E-state index contributed by atoms with van der Waals surface area (Å²) >= 11 is 0. The van der Waals surface area contributed by atoms with Crippen LogP contribution in [0.1, 0.15) is 41.9 Å². The monoisotopic (exact) mass is 551 g/mol. The van der Waals surface area contributed by atoms with Crippen molar-refractivity contribution >= 4 is 27.8 Å². The molecule has 2 N–H and O–H groups in total. The van der Waals surface area contributed by atoms with Gasteiger partial charge in [0.05, 0.1) is 30.3 Å². The van der Waals surface area contributed by atoms with Crippen LogP contribution in [-0.4, -0.2) is 47.4 Å². The maximum Gasteiger partial charge on any atom is 0.161 e. The summed E-state index contributed by atoms with van der Waals surface area (Å²) in [7, 11) is 1.68. The van der Waals surface area contributed by atoms with Gasteiger partial charge in [-0.05, 0) is 89.4 Å². The van der Waals surface area contributed by atoms with E-state index in [2.05, 4.69) is 91.4 Å². The minimum Gasteiger partial charge on any atom is -0.493 e. The van der Waals surface area contributed by atoms with Crippen molar-refractivity contribution in [2.24, 2.45) is 0 Å². The molecule has 3 aromatic carbocycles. The fraction of sp³-hybridized carbons (Fsp3) is 0.353. The van der Waals surface area contributed by atoms with E-state index in [1.165, 1.54) is 27.9 Å². The number of nitrogens with one attached hydrogen (secondary N) is 2. The zero-order valence-corrected chi connectivity index (χ0v) is 25.3. The number of anilines is 1. The Morgan fingerprint density at radius 3 is 2.41 bits per heavy atom. The van der Waals surface area contributed by atoms with E-state index in [1.807, 2.05) is 19.9 Å². The largest absolute Gasteiger partial charge is 0.493 e. The number of para-hydroxylation sites is 1. The van der Waals surface area contributed by atoms with Crippen LogP contribution in [0.25, 0.3) is 27.6 Å². The van der Waals surface area contributed by atoms with Gasteiger partial charge in [-0.2, -0.15) is 0 Å². The zero-order valence-electron chi connectivity index (χ0n) is 25.3. The van der Waals surface area contributed by atoms with Gasteiger partial charge in [-0.15, -0.1) is 0 Å². The van der Waals surface area contributed by atoms with E-state index in [-0.39, 0.29) is 6.04 Å². The summed E-state index contributed by atoms with van der Waals surface area (Å²) in [6, 6.07) is 19.4. The first-order chi connectivity index (χ1) is 19.8. The SMILES string of the molecule is CCOc1ccc(CCNC(C)CNc2nc(C)nc3c2c2ccccc2n3-c2c(C)cc(C)cc2C)cc1OC. The van der Waals surface area contributed by atoms with E-state index in [4.69, 9.17) is 19.4 Å². The molecule has 2 aromatic heterocycles. The molecule has 5 aromatic rings. The van der Waals surface area contributed by atoms with Gasteiger partial charge in [0.25, 0.3) is 0 Å². The number of aryl methyl sites for hydroxylation is 4. The van der Waals surface area contributed by atoms with Crippen molar-refractivity contribution in [1.82, 2.24) is 19.9 Å². The first kappa shape index (κ1) is 28.4. The lowest BCUT2D eigenvalue weighted by molar-refractivity contribution is 0.310. The van der Waals surface area contributed by atoms with Crippen LogP contribution in [0.2, 0.25) is 0 Å². The predicted octanol–water partition coefficient (Wildman–Crippen LogP) is 6.85. The lowest BCUT2D eigenvalue weighted by atomic mass is 10.0. The van der Waals surface area contributed by atoms with Crippen molar-refractivity contribution in [3.05, 3.63) is 82.7 Å². The second kappa shape index (κ2) is 12.2. The Hall–Kier alpha value is -4.10. The molecule has 1 atom stereocenters. The molecule has 1 unspecified atom stereocenters. The number of methoxy groups -OCH3 is 1. The average Bonchev–Trinajstić information content (AvgIpc) is 3.26. The number of fused-ring (bicyclic) bond motifs is 3. The third-order valence-electron chi connectivity index (χ3n) is 7.50. The molecule has 0 spiro atoms. The topological polar surface area (TPSA) is 73.2 Å². The Bertz CT molecular complexity index is 1670. The summed E-state index contributed by atoms with van der Waals surface area (Å²) < 4.78 is 13.5. The van der Waals surface area contributed by atoms with Crippen molar-refractivity contribution in [1.29, 1.82) is 0 Å². The molecule has 0 saturated carbocycles. The Balaban J connectivity index is 1.37. The summed E-state index contributed by atoms with van der Waals surface area (Å²) in [5.74, 6) is 3.17. The van der Waals surface area contributed by atoms with Crippen molar-refractivity contribution in [2.75, 3.05) is 32.1 Å². The predicted molar refractivity (Wildman–Crippen MR) is 169 cm³/mol. The summed E-state index contributed by atoms with van der Waals surface area (Å²) in [6.45, 7) is 14.8. The third-order valence-corrected chi connectivity index (χ3v) is 7.50. The Morgan fingerprint density at radius 2 is 1.68 bits per heavy atom. The van der Waals surface area contributed by atoms with Crippen LogP contribution < -0.4 is 20.1 Å². The Labute approximate surface area is 242 Å². The first-order valence-electron chi connectivity index (χ1n) is 14.4. The molecule has 2 heterocycles. The molecule has 0 bridgehead atoms. The molecule has 0 aliphatic rings. The van der Waals surface area contributed by atoms with Gasteiger partial charge in [0.2, 0.25) is 0 Å². The van der Waals surface area contributed by atoms with Gasteiger partial charge in [0.1, 0.15) is 11.6 Å². The number of nitrogens with zero attached hydrogens (tertiary/aromatic N) is 3. The van der Waals surface area contributed by atoms with Crippen LogP contribution >= 0.6 is 0 Å². The summed E-state index contributed by atoms with van der Waals surface area (Å²) in [5.41, 5.74) is 8.20. The lowest BCUT2D eigenvalue weighted by Gasteiger charge is -2.17. The quantitative estimate of drug-likeness (QED) is 0.187. The molecule has 0 radical (unpaired) electrons. The highest BCUT2D eigenvalue weighted by Gasteiger charge is 2.20. The molecule has 0 aliphatic heterocycles. The lowest BCUT2D eigenvalue weighted by Crippen LogP contribution is -2.34. The third kappa shape index (κ3) is 5.86. The number of hydrogen-bond donors (Lipinski definition) is 2. The second-order valence-corrected chi connectivity index (χ2v) is 10.8. The Kier molecular flexibility index (Phi) is 8.45. The van der Waals surface area contributed by atoms with Gasteiger partial charge >= 0.3 is 0 Å². The van der Waals surface area contributed by atoms with E-state index in [0.29, 0.717) is 6.61 Å². The van der Waals surface area contributed by atoms with Gasteiger partial charge in [0.15, 0.2) is 17.1 Å². The maximum atomic E-state index is 5.65. The first-order valence-corrected chi connectivity index (χ1v) is 14.4. The minimum atomic E-state index is 0.236.